The van der Waals surface area contributed by atoms with Crippen LogP contribution in [0.4, 0.5) is 11.4 Å². The van der Waals surface area contributed by atoms with E-state index in [-0.39, 0.29) is 23.9 Å². The molecule has 1 aliphatic heterocycles. The van der Waals surface area contributed by atoms with Gasteiger partial charge in [0.1, 0.15) is 5.75 Å². The second-order valence-electron chi connectivity index (χ2n) is 8.02. The van der Waals surface area contributed by atoms with E-state index in [0.29, 0.717) is 24.2 Å². The molecule has 2 amide bonds. The Bertz CT molecular complexity index is 1100. The molecule has 5 nitrogen and oxygen atoms in total. The fraction of sp³-hybridized carbons (Fsp3) is 0.259. The lowest BCUT2D eigenvalue weighted by molar-refractivity contribution is -0.118. The minimum Gasteiger partial charge on any atom is -0.497 e. The minimum absolute atomic E-state index is 0.0564. The Kier molecular flexibility index (Phi) is 6.26. The van der Waals surface area contributed by atoms with Crippen molar-refractivity contribution in [2.24, 2.45) is 0 Å². The molecule has 1 aliphatic rings. The van der Waals surface area contributed by atoms with Gasteiger partial charge in [-0.25, -0.2) is 0 Å². The van der Waals surface area contributed by atoms with E-state index < -0.39 is 0 Å². The van der Waals surface area contributed by atoms with Crippen molar-refractivity contribution < 1.29 is 14.3 Å². The second kappa shape index (κ2) is 9.27. The minimum atomic E-state index is -0.143. The maximum Gasteiger partial charge on any atom is 0.258 e. The Balaban J connectivity index is 1.76. The number of rotatable bonds is 5. The van der Waals surface area contributed by atoms with E-state index in [4.69, 9.17) is 4.74 Å². The number of nitrogens with zero attached hydrogens (tertiary/aromatic N) is 2. The number of carbonyl (C=O) groups is 2. The third-order valence-electron chi connectivity index (χ3n) is 6.03. The van der Waals surface area contributed by atoms with E-state index in [2.05, 4.69) is 0 Å². The van der Waals surface area contributed by atoms with Crippen LogP contribution in [0.2, 0.25) is 0 Å². The molecule has 1 heterocycles. The normalized spacial score (nSPS) is 17.4. The average molecular weight is 429 g/mol. The summed E-state index contributed by atoms with van der Waals surface area (Å²) in [5.74, 6) is 0.725. The van der Waals surface area contributed by atoms with E-state index in [1.54, 1.807) is 31.4 Å². The molecule has 164 valence electrons. The van der Waals surface area contributed by atoms with Crippen molar-refractivity contribution in [2.75, 3.05) is 16.9 Å². The highest BCUT2D eigenvalue weighted by molar-refractivity contribution is 6.07. The third kappa shape index (κ3) is 3.98. The molecule has 4 rings (SSSR count). The van der Waals surface area contributed by atoms with Gasteiger partial charge in [0.15, 0.2) is 0 Å². The van der Waals surface area contributed by atoms with Crippen LogP contribution in [0.3, 0.4) is 0 Å². The van der Waals surface area contributed by atoms with Crippen LogP contribution in [0.5, 0.6) is 5.75 Å². The molecule has 0 saturated heterocycles. The highest BCUT2D eigenvalue weighted by atomic mass is 16.5. The van der Waals surface area contributed by atoms with Crippen LogP contribution in [0.1, 0.15) is 48.7 Å². The average Bonchev–Trinajstić information content (AvgIpc) is 2.84. The summed E-state index contributed by atoms with van der Waals surface area (Å²) in [6, 6.07) is 24.6. The largest absolute Gasteiger partial charge is 0.497 e. The van der Waals surface area contributed by atoms with Gasteiger partial charge in [-0.2, -0.15) is 0 Å². The molecule has 0 saturated carbocycles. The number of ether oxygens (including phenoxy) is 1. The lowest BCUT2D eigenvalue weighted by Gasteiger charge is -2.43. The van der Waals surface area contributed by atoms with Crippen molar-refractivity contribution in [1.82, 2.24) is 0 Å². The van der Waals surface area contributed by atoms with Crippen LogP contribution in [-0.4, -0.2) is 25.0 Å². The number of carbonyl (C=O) groups excluding carboxylic acids is 2. The van der Waals surface area contributed by atoms with Crippen molar-refractivity contribution in [3.63, 3.8) is 0 Å². The number of methoxy groups -OCH3 is 1. The predicted octanol–water partition coefficient (Wildman–Crippen LogP) is 5.62. The molecular formula is C27H28N2O3. The number of para-hydroxylation sites is 2. The van der Waals surface area contributed by atoms with E-state index in [1.807, 2.05) is 78.2 Å². The van der Waals surface area contributed by atoms with Crippen molar-refractivity contribution in [3.05, 3.63) is 90.0 Å². The highest BCUT2D eigenvalue weighted by Crippen LogP contribution is 2.42. The van der Waals surface area contributed by atoms with Gasteiger partial charge >= 0.3 is 0 Å². The molecule has 3 aromatic carbocycles. The van der Waals surface area contributed by atoms with Crippen molar-refractivity contribution in [1.29, 1.82) is 0 Å². The lowest BCUT2D eigenvalue weighted by Crippen LogP contribution is -2.47. The van der Waals surface area contributed by atoms with Gasteiger partial charge in [-0.05, 0) is 61.4 Å². The molecule has 0 aromatic heterocycles. The molecule has 5 heteroatoms. The first-order valence-corrected chi connectivity index (χ1v) is 11.0. The van der Waals surface area contributed by atoms with E-state index in [1.165, 1.54) is 0 Å². The topological polar surface area (TPSA) is 49.9 Å². The van der Waals surface area contributed by atoms with E-state index >= 15 is 0 Å². The summed E-state index contributed by atoms with van der Waals surface area (Å²) in [5, 5.41) is 0. The fourth-order valence-electron chi connectivity index (χ4n) is 4.47. The fourth-order valence-corrected chi connectivity index (χ4v) is 4.47. The van der Waals surface area contributed by atoms with E-state index in [0.717, 1.165) is 16.9 Å². The molecule has 0 bridgehead atoms. The number of hydrogen-bond donors (Lipinski definition) is 0. The van der Waals surface area contributed by atoms with Crippen LogP contribution in [0, 0.1) is 0 Å². The van der Waals surface area contributed by atoms with Gasteiger partial charge in [-0.1, -0.05) is 43.3 Å². The van der Waals surface area contributed by atoms with Gasteiger partial charge in [0, 0.05) is 29.4 Å². The van der Waals surface area contributed by atoms with Gasteiger partial charge in [0.05, 0.1) is 13.2 Å². The van der Waals surface area contributed by atoms with Crippen LogP contribution in [0.25, 0.3) is 0 Å². The second-order valence-corrected chi connectivity index (χ2v) is 8.02. The summed E-state index contributed by atoms with van der Waals surface area (Å²) in [4.78, 5) is 30.3. The molecule has 3 aromatic rings. The summed E-state index contributed by atoms with van der Waals surface area (Å²) >= 11 is 0. The summed E-state index contributed by atoms with van der Waals surface area (Å²) < 4.78 is 5.22. The zero-order valence-corrected chi connectivity index (χ0v) is 18.7. The Morgan fingerprint density at radius 3 is 2.28 bits per heavy atom. The molecule has 0 fully saturated rings. The standard InChI is InChI=1S/C27H28N2O3/c1-4-26(30)29(21-10-6-5-7-11-21)25-18-19(2)28(24-13-9-8-12-23(24)25)27(31)20-14-16-22(32-3)17-15-20/h5-17,19,25H,4,18H2,1-3H3/t19?,25-/m0/s1. The predicted molar refractivity (Wildman–Crippen MR) is 127 cm³/mol. The Morgan fingerprint density at radius 1 is 0.969 bits per heavy atom. The maximum absolute atomic E-state index is 13.5. The molecule has 0 aliphatic carbocycles. The quantitative estimate of drug-likeness (QED) is 0.530. The molecule has 32 heavy (non-hydrogen) atoms. The number of fused-ring (bicyclic) bond motifs is 1. The monoisotopic (exact) mass is 428 g/mol. The molecule has 0 N–H and O–H groups in total. The number of amides is 2. The SMILES string of the molecule is CCC(=O)N(c1ccccc1)[C@H]1CC(C)N(C(=O)c2ccc(OC)cc2)c2ccccc21. The van der Waals surface area contributed by atoms with Crippen LogP contribution >= 0.6 is 0 Å². The van der Waals surface area contributed by atoms with Crippen molar-refractivity contribution in [2.45, 2.75) is 38.8 Å². The van der Waals surface area contributed by atoms with Crippen molar-refractivity contribution in [3.8, 4) is 5.75 Å². The van der Waals surface area contributed by atoms with E-state index in [9.17, 15) is 9.59 Å². The molecular weight excluding hydrogens is 400 g/mol. The number of anilines is 2. The molecule has 0 spiro atoms. The van der Waals surface area contributed by atoms with Gasteiger partial charge < -0.3 is 14.5 Å². The van der Waals surface area contributed by atoms with Gasteiger partial charge in [-0.15, -0.1) is 0 Å². The Hall–Kier alpha value is -3.60. The van der Waals surface area contributed by atoms with Gasteiger partial charge in [-0.3, -0.25) is 9.59 Å². The van der Waals surface area contributed by atoms with Crippen molar-refractivity contribution >= 4 is 23.2 Å². The zero-order chi connectivity index (χ0) is 22.7. The smallest absolute Gasteiger partial charge is 0.258 e. The first-order chi connectivity index (χ1) is 15.5. The summed E-state index contributed by atoms with van der Waals surface area (Å²) in [5.41, 5.74) is 3.32. The third-order valence-corrected chi connectivity index (χ3v) is 6.03. The first kappa shape index (κ1) is 21.6. The van der Waals surface area contributed by atoms with Gasteiger partial charge in [0.25, 0.3) is 5.91 Å². The Morgan fingerprint density at radius 2 is 1.62 bits per heavy atom. The summed E-state index contributed by atoms with van der Waals surface area (Å²) in [7, 11) is 1.61. The molecule has 2 atom stereocenters. The van der Waals surface area contributed by atoms with Crippen LogP contribution in [-0.2, 0) is 4.79 Å². The first-order valence-electron chi connectivity index (χ1n) is 11.0. The molecule has 0 radical (unpaired) electrons. The Labute approximate surface area is 189 Å². The summed E-state index contributed by atoms with van der Waals surface area (Å²) in [6.07, 6.45) is 1.07. The summed E-state index contributed by atoms with van der Waals surface area (Å²) in [6.45, 7) is 3.93. The number of benzene rings is 3. The lowest BCUT2D eigenvalue weighted by atomic mass is 9.89. The number of hydrogen-bond acceptors (Lipinski definition) is 3. The highest BCUT2D eigenvalue weighted by Gasteiger charge is 2.38. The van der Waals surface area contributed by atoms with Crippen LogP contribution < -0.4 is 14.5 Å². The maximum atomic E-state index is 13.5. The van der Waals surface area contributed by atoms with Crippen LogP contribution in [0.15, 0.2) is 78.9 Å². The zero-order valence-electron chi connectivity index (χ0n) is 18.7. The van der Waals surface area contributed by atoms with Gasteiger partial charge in [0.2, 0.25) is 5.91 Å². The molecule has 1 unspecified atom stereocenters.